The van der Waals surface area contributed by atoms with Crippen LogP contribution in [0.25, 0.3) is 17.1 Å². The van der Waals surface area contributed by atoms with Crippen LogP contribution in [0.3, 0.4) is 0 Å². The minimum absolute atomic E-state index is 0.00851. The number of amides is 1. The molecule has 31 heavy (non-hydrogen) atoms. The van der Waals surface area contributed by atoms with E-state index in [1.165, 1.54) is 0 Å². The van der Waals surface area contributed by atoms with Gasteiger partial charge in [0.25, 0.3) is 5.91 Å². The summed E-state index contributed by atoms with van der Waals surface area (Å²) in [4.78, 5) is 17.4. The van der Waals surface area contributed by atoms with Gasteiger partial charge in [-0.2, -0.15) is 0 Å². The highest BCUT2D eigenvalue weighted by Crippen LogP contribution is 2.27. The zero-order valence-electron chi connectivity index (χ0n) is 16.7. The second kappa shape index (κ2) is 8.71. The highest BCUT2D eigenvalue weighted by atomic mass is 35.5. The van der Waals surface area contributed by atoms with E-state index in [1.54, 1.807) is 35.0 Å². The van der Waals surface area contributed by atoms with Crippen molar-refractivity contribution in [3.05, 3.63) is 92.7 Å². The number of carbonyl (C=O) groups is 1. The number of hydrogen-bond acceptors (Lipinski definition) is 3. The molecule has 0 saturated heterocycles. The summed E-state index contributed by atoms with van der Waals surface area (Å²) in [6, 6.07) is 18.0. The topological polar surface area (TPSA) is 59.8 Å². The summed E-state index contributed by atoms with van der Waals surface area (Å²) >= 11 is 18.1. The molecule has 0 bridgehead atoms. The molecule has 0 aliphatic heterocycles. The Morgan fingerprint density at radius 2 is 1.58 bits per heavy atom. The zero-order chi connectivity index (χ0) is 22.1. The molecule has 0 aliphatic rings. The van der Waals surface area contributed by atoms with Crippen LogP contribution in [0.4, 0.5) is 5.69 Å². The molecule has 1 amide bonds. The summed E-state index contributed by atoms with van der Waals surface area (Å²) in [6.07, 6.45) is 0. The fourth-order valence-corrected chi connectivity index (χ4v) is 3.58. The summed E-state index contributed by atoms with van der Waals surface area (Å²) in [5, 5.41) is 8.63. The van der Waals surface area contributed by atoms with E-state index in [4.69, 9.17) is 34.8 Å². The van der Waals surface area contributed by atoms with E-state index < -0.39 is 5.91 Å². The molecule has 0 saturated carbocycles. The summed E-state index contributed by atoms with van der Waals surface area (Å²) in [5.41, 5.74) is 4.26. The van der Waals surface area contributed by atoms with Crippen molar-refractivity contribution in [2.75, 3.05) is 5.32 Å². The first kappa shape index (κ1) is 21.4. The Kier molecular flexibility index (Phi) is 6.01. The van der Waals surface area contributed by atoms with Crippen molar-refractivity contribution in [3.8, 4) is 17.1 Å². The van der Waals surface area contributed by atoms with Crippen molar-refractivity contribution < 1.29 is 4.79 Å². The summed E-state index contributed by atoms with van der Waals surface area (Å²) in [5.74, 6) is 0.0449. The molecular formula is C23H17Cl3N4O. The summed E-state index contributed by atoms with van der Waals surface area (Å²) in [7, 11) is 0. The lowest BCUT2D eigenvalue weighted by atomic mass is 10.1. The molecule has 0 spiro atoms. The fraction of sp³-hybridized carbons (Fsp3) is 0.0870. The van der Waals surface area contributed by atoms with E-state index in [1.807, 2.05) is 44.2 Å². The molecule has 0 fully saturated rings. The van der Waals surface area contributed by atoms with Gasteiger partial charge in [-0.3, -0.25) is 4.79 Å². The van der Waals surface area contributed by atoms with Gasteiger partial charge in [-0.1, -0.05) is 40.9 Å². The largest absolute Gasteiger partial charge is 0.318 e. The van der Waals surface area contributed by atoms with Crippen molar-refractivity contribution in [1.29, 1.82) is 0 Å². The maximum Gasteiger partial charge on any atom is 0.295 e. The van der Waals surface area contributed by atoms with Crippen molar-refractivity contribution in [3.63, 3.8) is 0 Å². The number of nitrogens with one attached hydrogen (secondary N) is 1. The van der Waals surface area contributed by atoms with Gasteiger partial charge in [-0.25, -0.2) is 9.67 Å². The van der Waals surface area contributed by atoms with Gasteiger partial charge in [0.05, 0.1) is 16.4 Å². The molecule has 5 nitrogen and oxygen atoms in total. The maximum absolute atomic E-state index is 12.9. The van der Waals surface area contributed by atoms with E-state index in [0.29, 0.717) is 26.6 Å². The Morgan fingerprint density at radius 1 is 0.871 bits per heavy atom. The third-order valence-corrected chi connectivity index (χ3v) is 5.63. The quantitative estimate of drug-likeness (QED) is 0.357. The molecule has 3 aromatic carbocycles. The SMILES string of the molecule is Cc1ccc(-n2nc(C(=O)Nc3ccc(Cl)cc3Cl)nc2-c2ccc(Cl)cc2)cc1C. The van der Waals surface area contributed by atoms with Crippen molar-refractivity contribution in [1.82, 2.24) is 14.8 Å². The molecular weight excluding hydrogens is 455 g/mol. The lowest BCUT2D eigenvalue weighted by Gasteiger charge is -2.08. The van der Waals surface area contributed by atoms with Crippen LogP contribution in [0.2, 0.25) is 15.1 Å². The van der Waals surface area contributed by atoms with Crippen LogP contribution in [-0.4, -0.2) is 20.7 Å². The van der Waals surface area contributed by atoms with Gasteiger partial charge in [-0.15, -0.1) is 5.10 Å². The molecule has 4 aromatic rings. The van der Waals surface area contributed by atoms with Crippen LogP contribution in [0.5, 0.6) is 0 Å². The number of aromatic nitrogens is 3. The van der Waals surface area contributed by atoms with Crippen LogP contribution in [0.15, 0.2) is 60.7 Å². The number of nitrogens with zero attached hydrogens (tertiary/aromatic N) is 3. The molecule has 1 N–H and O–H groups in total. The molecule has 1 aromatic heterocycles. The maximum atomic E-state index is 12.9. The molecule has 8 heteroatoms. The third-order valence-electron chi connectivity index (χ3n) is 4.83. The predicted molar refractivity (Wildman–Crippen MR) is 126 cm³/mol. The van der Waals surface area contributed by atoms with Crippen LogP contribution >= 0.6 is 34.8 Å². The Hall–Kier alpha value is -2.86. The second-order valence-corrected chi connectivity index (χ2v) is 8.30. The first-order valence-corrected chi connectivity index (χ1v) is 10.5. The summed E-state index contributed by atoms with van der Waals surface area (Å²) < 4.78 is 1.65. The predicted octanol–water partition coefficient (Wildman–Crippen LogP) is 6.76. The van der Waals surface area contributed by atoms with Crippen LogP contribution in [0, 0.1) is 13.8 Å². The number of aryl methyl sites for hydroxylation is 2. The van der Waals surface area contributed by atoms with E-state index >= 15 is 0 Å². The van der Waals surface area contributed by atoms with Gasteiger partial charge in [0.2, 0.25) is 5.82 Å². The minimum Gasteiger partial charge on any atom is -0.318 e. The Bertz CT molecular complexity index is 1280. The second-order valence-electron chi connectivity index (χ2n) is 7.02. The van der Waals surface area contributed by atoms with E-state index in [9.17, 15) is 4.79 Å². The molecule has 0 aliphatic carbocycles. The Morgan fingerprint density at radius 3 is 2.26 bits per heavy atom. The fourth-order valence-electron chi connectivity index (χ4n) is 3.00. The average Bonchev–Trinajstić information content (AvgIpc) is 3.18. The van der Waals surface area contributed by atoms with Gasteiger partial charge in [-0.05, 0) is 79.6 Å². The molecule has 1 heterocycles. The van der Waals surface area contributed by atoms with Crippen LogP contribution in [-0.2, 0) is 0 Å². The Labute approximate surface area is 194 Å². The number of halogens is 3. The molecule has 0 radical (unpaired) electrons. The monoisotopic (exact) mass is 470 g/mol. The average molecular weight is 472 g/mol. The number of carbonyl (C=O) groups excluding carboxylic acids is 1. The lowest BCUT2D eigenvalue weighted by molar-refractivity contribution is 0.101. The molecule has 0 atom stereocenters. The highest BCUT2D eigenvalue weighted by Gasteiger charge is 2.20. The standard InChI is InChI=1S/C23H17Cl3N4O/c1-13-3-9-18(11-14(13)2)30-22(15-4-6-16(24)7-5-15)28-21(29-30)23(31)27-20-10-8-17(25)12-19(20)26/h3-12H,1-2H3,(H,27,31). The zero-order valence-corrected chi connectivity index (χ0v) is 18.9. The highest BCUT2D eigenvalue weighted by molar-refractivity contribution is 6.36. The number of hydrogen-bond donors (Lipinski definition) is 1. The number of rotatable bonds is 4. The first-order valence-electron chi connectivity index (χ1n) is 9.39. The third kappa shape index (κ3) is 4.59. The number of anilines is 1. The van der Waals surface area contributed by atoms with Gasteiger partial charge < -0.3 is 5.32 Å². The minimum atomic E-state index is -0.484. The van der Waals surface area contributed by atoms with Crippen molar-refractivity contribution >= 4 is 46.4 Å². The van der Waals surface area contributed by atoms with Gasteiger partial charge >= 0.3 is 0 Å². The van der Waals surface area contributed by atoms with E-state index in [-0.39, 0.29) is 5.82 Å². The van der Waals surface area contributed by atoms with Gasteiger partial charge in [0.1, 0.15) is 0 Å². The van der Waals surface area contributed by atoms with Gasteiger partial charge in [0, 0.05) is 15.6 Å². The molecule has 0 unspecified atom stereocenters. The smallest absolute Gasteiger partial charge is 0.295 e. The number of benzene rings is 3. The van der Waals surface area contributed by atoms with Crippen LogP contribution in [0.1, 0.15) is 21.7 Å². The Balaban J connectivity index is 1.77. The van der Waals surface area contributed by atoms with E-state index in [2.05, 4.69) is 15.4 Å². The van der Waals surface area contributed by atoms with Crippen LogP contribution < -0.4 is 5.32 Å². The van der Waals surface area contributed by atoms with Crippen molar-refractivity contribution in [2.24, 2.45) is 0 Å². The first-order chi connectivity index (χ1) is 14.8. The summed E-state index contributed by atoms with van der Waals surface area (Å²) in [6.45, 7) is 4.06. The molecule has 4 rings (SSSR count). The van der Waals surface area contributed by atoms with Gasteiger partial charge in [0.15, 0.2) is 5.82 Å². The van der Waals surface area contributed by atoms with Crippen molar-refractivity contribution in [2.45, 2.75) is 13.8 Å². The van der Waals surface area contributed by atoms with E-state index in [0.717, 1.165) is 22.4 Å². The molecule has 156 valence electrons. The lowest BCUT2D eigenvalue weighted by Crippen LogP contribution is -2.14. The normalized spacial score (nSPS) is 10.9.